The molecule has 7 heteroatoms. The minimum Gasteiger partial charge on any atom is -0.339 e. The number of aromatic nitrogens is 2. The molecule has 0 bridgehead atoms. The molecule has 4 nitrogen and oxygen atoms in total. The fourth-order valence-corrected chi connectivity index (χ4v) is 2.67. The van der Waals surface area contributed by atoms with Gasteiger partial charge in [0.25, 0.3) is 0 Å². The molecule has 22 heavy (non-hydrogen) atoms. The third-order valence-electron chi connectivity index (χ3n) is 3.77. The molecule has 1 unspecified atom stereocenters. The van der Waals surface area contributed by atoms with Gasteiger partial charge in [0.05, 0.1) is 18.0 Å². The summed E-state index contributed by atoms with van der Waals surface area (Å²) in [6.07, 6.45) is -1.30. The average molecular weight is 311 g/mol. The van der Waals surface area contributed by atoms with Crippen molar-refractivity contribution in [3.05, 3.63) is 47.1 Å². The summed E-state index contributed by atoms with van der Waals surface area (Å²) in [6.45, 7) is 0.894. The Morgan fingerprint density at radius 3 is 2.77 bits per heavy atom. The Hall–Kier alpha value is -1.89. The van der Waals surface area contributed by atoms with E-state index in [-0.39, 0.29) is 23.9 Å². The molecule has 1 aromatic heterocycles. The summed E-state index contributed by atoms with van der Waals surface area (Å²) >= 11 is 0. The van der Waals surface area contributed by atoms with Gasteiger partial charge in [-0.15, -0.1) is 0 Å². The van der Waals surface area contributed by atoms with Gasteiger partial charge in [-0.2, -0.15) is 18.2 Å². The van der Waals surface area contributed by atoms with E-state index in [0.717, 1.165) is 31.9 Å². The lowest BCUT2D eigenvalue weighted by Gasteiger charge is -2.19. The highest BCUT2D eigenvalue weighted by Gasteiger charge is 2.33. The smallest absolute Gasteiger partial charge is 0.339 e. The second kappa shape index (κ2) is 6.08. The van der Waals surface area contributed by atoms with Gasteiger partial charge >= 0.3 is 6.18 Å². The number of hydrogen-bond donors (Lipinski definition) is 1. The molecular formula is C15H16F3N3O. The summed E-state index contributed by atoms with van der Waals surface area (Å²) in [6, 6.07) is 5.48. The molecule has 0 radical (unpaired) electrons. The molecule has 1 fully saturated rings. The van der Waals surface area contributed by atoms with Gasteiger partial charge in [-0.1, -0.05) is 29.8 Å². The summed E-state index contributed by atoms with van der Waals surface area (Å²) in [5.74, 6) is 0.735. The lowest BCUT2D eigenvalue weighted by Crippen LogP contribution is -2.27. The van der Waals surface area contributed by atoms with E-state index < -0.39 is 11.7 Å². The summed E-state index contributed by atoms with van der Waals surface area (Å²) in [5.41, 5.74) is -0.521. The molecule has 118 valence electrons. The molecule has 0 amide bonds. The number of alkyl halides is 3. The van der Waals surface area contributed by atoms with Crippen molar-refractivity contribution in [3.63, 3.8) is 0 Å². The SMILES string of the molecule is FC(F)(F)c1ccccc1Cc1nc(C2CCCCN2)no1. The van der Waals surface area contributed by atoms with Crippen LogP contribution < -0.4 is 5.32 Å². The van der Waals surface area contributed by atoms with Gasteiger partial charge in [-0.05, 0) is 31.0 Å². The number of piperidine rings is 1. The van der Waals surface area contributed by atoms with E-state index in [1.165, 1.54) is 12.1 Å². The van der Waals surface area contributed by atoms with Crippen LogP contribution in [0.5, 0.6) is 0 Å². The van der Waals surface area contributed by atoms with Crippen LogP contribution in [0, 0.1) is 0 Å². The summed E-state index contributed by atoms with van der Waals surface area (Å²) in [5, 5.41) is 7.18. The van der Waals surface area contributed by atoms with Crippen molar-refractivity contribution >= 4 is 0 Å². The van der Waals surface area contributed by atoms with Crippen molar-refractivity contribution in [2.45, 2.75) is 37.9 Å². The molecule has 1 aliphatic heterocycles. The van der Waals surface area contributed by atoms with Crippen LogP contribution in [0.2, 0.25) is 0 Å². The number of rotatable bonds is 3. The Morgan fingerprint density at radius 1 is 1.23 bits per heavy atom. The first-order valence-electron chi connectivity index (χ1n) is 7.25. The van der Waals surface area contributed by atoms with Crippen LogP contribution in [0.15, 0.2) is 28.8 Å². The number of benzene rings is 1. The molecule has 1 aliphatic rings. The first-order valence-corrected chi connectivity index (χ1v) is 7.25. The summed E-state index contributed by atoms with van der Waals surface area (Å²) in [7, 11) is 0. The standard InChI is InChI=1S/C15H16F3N3O/c16-15(17,18)11-6-2-1-5-10(11)9-13-20-14(21-22-13)12-7-3-4-8-19-12/h1-2,5-6,12,19H,3-4,7-9H2. The largest absolute Gasteiger partial charge is 0.416 e. The third kappa shape index (κ3) is 3.30. The average Bonchev–Trinajstić information content (AvgIpc) is 2.96. The zero-order valence-corrected chi connectivity index (χ0v) is 11.9. The van der Waals surface area contributed by atoms with Crippen molar-refractivity contribution in [3.8, 4) is 0 Å². The highest BCUT2D eigenvalue weighted by molar-refractivity contribution is 5.31. The van der Waals surface area contributed by atoms with Crippen molar-refractivity contribution in [1.82, 2.24) is 15.5 Å². The van der Waals surface area contributed by atoms with Crippen molar-refractivity contribution in [1.29, 1.82) is 0 Å². The molecule has 2 heterocycles. The topological polar surface area (TPSA) is 51.0 Å². The van der Waals surface area contributed by atoms with Gasteiger partial charge in [-0.3, -0.25) is 0 Å². The van der Waals surface area contributed by atoms with Crippen LogP contribution in [-0.2, 0) is 12.6 Å². The third-order valence-corrected chi connectivity index (χ3v) is 3.77. The Balaban J connectivity index is 1.78. The number of nitrogens with zero attached hydrogens (tertiary/aromatic N) is 2. The summed E-state index contributed by atoms with van der Waals surface area (Å²) < 4.78 is 44.0. The molecule has 1 aromatic carbocycles. The molecule has 3 rings (SSSR count). The van der Waals surface area contributed by atoms with Gasteiger partial charge in [0.15, 0.2) is 5.82 Å². The van der Waals surface area contributed by atoms with E-state index in [0.29, 0.717) is 5.82 Å². The fraction of sp³-hybridized carbons (Fsp3) is 0.467. The van der Waals surface area contributed by atoms with E-state index >= 15 is 0 Å². The second-order valence-electron chi connectivity index (χ2n) is 5.38. The highest BCUT2D eigenvalue weighted by Crippen LogP contribution is 2.32. The first kappa shape index (κ1) is 15.0. The lowest BCUT2D eigenvalue weighted by atomic mass is 10.0. The van der Waals surface area contributed by atoms with Gasteiger partial charge in [-0.25, -0.2) is 0 Å². The normalized spacial score (nSPS) is 19.3. The van der Waals surface area contributed by atoms with E-state index in [2.05, 4.69) is 15.5 Å². The van der Waals surface area contributed by atoms with Gasteiger partial charge in [0, 0.05) is 0 Å². The predicted octanol–water partition coefficient (Wildman–Crippen LogP) is 3.49. The molecule has 0 spiro atoms. The summed E-state index contributed by atoms with van der Waals surface area (Å²) in [4.78, 5) is 4.24. The maximum Gasteiger partial charge on any atom is 0.416 e. The molecule has 2 aromatic rings. The van der Waals surface area contributed by atoms with E-state index in [1.54, 1.807) is 6.07 Å². The Kier molecular flexibility index (Phi) is 4.15. The van der Waals surface area contributed by atoms with Crippen LogP contribution in [0.3, 0.4) is 0 Å². The monoisotopic (exact) mass is 311 g/mol. The van der Waals surface area contributed by atoms with E-state index in [1.807, 2.05) is 0 Å². The van der Waals surface area contributed by atoms with Crippen molar-refractivity contribution < 1.29 is 17.7 Å². The Bertz CT molecular complexity index is 633. The second-order valence-corrected chi connectivity index (χ2v) is 5.38. The molecule has 1 atom stereocenters. The zero-order chi connectivity index (χ0) is 15.6. The maximum absolute atomic E-state index is 13.0. The van der Waals surface area contributed by atoms with Crippen LogP contribution in [-0.4, -0.2) is 16.7 Å². The van der Waals surface area contributed by atoms with Crippen LogP contribution in [0.4, 0.5) is 13.2 Å². The zero-order valence-electron chi connectivity index (χ0n) is 11.9. The number of halogens is 3. The number of nitrogens with one attached hydrogen (secondary N) is 1. The van der Waals surface area contributed by atoms with Gasteiger partial charge in [0.2, 0.25) is 5.89 Å². The lowest BCUT2D eigenvalue weighted by molar-refractivity contribution is -0.138. The van der Waals surface area contributed by atoms with Gasteiger partial charge in [0.1, 0.15) is 0 Å². The van der Waals surface area contributed by atoms with Crippen molar-refractivity contribution in [2.75, 3.05) is 6.54 Å². The molecular weight excluding hydrogens is 295 g/mol. The minimum atomic E-state index is -4.38. The molecule has 0 aliphatic carbocycles. The Labute approximate surface area is 125 Å². The quantitative estimate of drug-likeness (QED) is 0.942. The van der Waals surface area contributed by atoms with Crippen LogP contribution in [0.1, 0.15) is 48.1 Å². The van der Waals surface area contributed by atoms with Crippen molar-refractivity contribution in [2.24, 2.45) is 0 Å². The van der Waals surface area contributed by atoms with Crippen LogP contribution >= 0.6 is 0 Å². The maximum atomic E-state index is 13.0. The predicted molar refractivity (Wildman–Crippen MR) is 73.1 cm³/mol. The fourth-order valence-electron chi connectivity index (χ4n) is 2.67. The molecule has 0 saturated carbocycles. The Morgan fingerprint density at radius 2 is 2.05 bits per heavy atom. The highest BCUT2D eigenvalue weighted by atomic mass is 19.4. The van der Waals surface area contributed by atoms with Crippen LogP contribution in [0.25, 0.3) is 0 Å². The first-order chi connectivity index (χ1) is 10.5. The van der Waals surface area contributed by atoms with E-state index in [4.69, 9.17) is 4.52 Å². The van der Waals surface area contributed by atoms with Gasteiger partial charge < -0.3 is 9.84 Å². The molecule has 1 N–H and O–H groups in total. The molecule has 1 saturated heterocycles. The number of hydrogen-bond acceptors (Lipinski definition) is 4. The minimum absolute atomic E-state index is 0.0184. The van der Waals surface area contributed by atoms with E-state index in [9.17, 15) is 13.2 Å².